The Labute approximate surface area is 214 Å². The van der Waals surface area contributed by atoms with Crippen molar-refractivity contribution >= 4 is 50.9 Å². The van der Waals surface area contributed by atoms with Gasteiger partial charge in [0.15, 0.2) is 6.61 Å². The molecule has 2 rings (SSSR count). The average molecular weight is 558 g/mol. The highest BCUT2D eigenvalue weighted by Crippen LogP contribution is 2.28. The van der Waals surface area contributed by atoms with Gasteiger partial charge in [-0.3, -0.25) is 9.59 Å². The van der Waals surface area contributed by atoms with Crippen molar-refractivity contribution in [3.05, 3.63) is 62.0 Å². The average Bonchev–Trinajstić information content (AvgIpc) is 2.79. The van der Waals surface area contributed by atoms with Crippen LogP contribution in [0.15, 0.2) is 40.9 Å². The SMILES string of the molecule is CCCCNC(=O)[C@H](CC)N(Cc1c(Cl)cccc1Cl)C(=O)COc1ccc(CC)cc1Br. The molecule has 5 nitrogen and oxygen atoms in total. The molecular weight excluding hydrogens is 527 g/mol. The molecule has 0 aliphatic rings. The van der Waals surface area contributed by atoms with Gasteiger partial charge in [-0.25, -0.2) is 0 Å². The van der Waals surface area contributed by atoms with E-state index in [0.29, 0.717) is 34.3 Å². The summed E-state index contributed by atoms with van der Waals surface area (Å²) in [6.45, 7) is 6.45. The number of hydrogen-bond donors (Lipinski definition) is 1. The van der Waals surface area contributed by atoms with E-state index in [9.17, 15) is 9.59 Å². The Balaban J connectivity index is 2.26. The number of rotatable bonds is 12. The fourth-order valence-corrected chi connectivity index (χ4v) is 4.44. The first-order valence-electron chi connectivity index (χ1n) is 11.2. The van der Waals surface area contributed by atoms with E-state index in [4.69, 9.17) is 27.9 Å². The number of ether oxygens (including phenoxy) is 1. The number of amides is 2. The molecule has 2 amide bonds. The number of unbranched alkanes of at least 4 members (excludes halogenated alkanes) is 1. The minimum atomic E-state index is -0.670. The second-order valence-corrected chi connectivity index (χ2v) is 9.37. The largest absolute Gasteiger partial charge is 0.483 e. The van der Waals surface area contributed by atoms with Crippen LogP contribution in [0, 0.1) is 0 Å². The van der Waals surface area contributed by atoms with Crippen molar-refractivity contribution in [2.45, 2.75) is 59.0 Å². The third-order valence-corrected chi connectivity index (χ3v) is 6.69. The Bertz CT molecular complexity index is 935. The molecule has 0 aromatic heterocycles. The summed E-state index contributed by atoms with van der Waals surface area (Å²) < 4.78 is 6.59. The minimum Gasteiger partial charge on any atom is -0.483 e. The monoisotopic (exact) mass is 556 g/mol. The predicted molar refractivity (Wildman–Crippen MR) is 138 cm³/mol. The fraction of sp³-hybridized carbons (Fsp3) is 0.440. The van der Waals surface area contributed by atoms with Crippen molar-refractivity contribution in [2.75, 3.05) is 13.2 Å². The number of aryl methyl sites for hydroxylation is 1. The molecule has 2 aromatic rings. The first-order chi connectivity index (χ1) is 15.8. The smallest absolute Gasteiger partial charge is 0.261 e. The maximum absolute atomic E-state index is 13.3. The Morgan fingerprint density at radius 1 is 1.12 bits per heavy atom. The Hall–Kier alpha value is -1.76. The molecule has 2 aromatic carbocycles. The first-order valence-corrected chi connectivity index (χ1v) is 12.8. The molecule has 8 heteroatoms. The molecule has 1 atom stereocenters. The summed E-state index contributed by atoms with van der Waals surface area (Å²) in [5.74, 6) is 0.0441. The molecule has 0 unspecified atom stereocenters. The van der Waals surface area contributed by atoms with Gasteiger partial charge in [0.1, 0.15) is 11.8 Å². The van der Waals surface area contributed by atoms with E-state index in [1.165, 1.54) is 4.90 Å². The van der Waals surface area contributed by atoms with Crippen LogP contribution >= 0.6 is 39.1 Å². The molecule has 0 heterocycles. The molecule has 0 bridgehead atoms. The Morgan fingerprint density at radius 2 is 1.82 bits per heavy atom. The summed E-state index contributed by atoms with van der Waals surface area (Å²) in [6.07, 6.45) is 3.18. The van der Waals surface area contributed by atoms with E-state index in [-0.39, 0.29) is 25.0 Å². The topological polar surface area (TPSA) is 58.6 Å². The molecule has 180 valence electrons. The molecule has 33 heavy (non-hydrogen) atoms. The van der Waals surface area contributed by atoms with Crippen LogP contribution in [0.5, 0.6) is 5.75 Å². The summed E-state index contributed by atoms with van der Waals surface area (Å²) >= 11 is 16.2. The van der Waals surface area contributed by atoms with Crippen molar-refractivity contribution in [3.8, 4) is 5.75 Å². The quantitative estimate of drug-likeness (QED) is 0.306. The van der Waals surface area contributed by atoms with Crippen LogP contribution in [0.1, 0.15) is 51.2 Å². The van der Waals surface area contributed by atoms with Gasteiger partial charge in [0.2, 0.25) is 5.91 Å². The van der Waals surface area contributed by atoms with Crippen LogP contribution in [-0.4, -0.2) is 35.9 Å². The number of carbonyl (C=O) groups excluding carboxylic acids is 2. The summed E-state index contributed by atoms with van der Waals surface area (Å²) in [7, 11) is 0. The van der Waals surface area contributed by atoms with Crippen molar-refractivity contribution in [2.24, 2.45) is 0 Å². The molecule has 0 saturated carbocycles. The number of hydrogen-bond acceptors (Lipinski definition) is 3. The molecule has 0 aliphatic carbocycles. The zero-order valence-corrected chi connectivity index (χ0v) is 22.4. The lowest BCUT2D eigenvalue weighted by atomic mass is 10.1. The molecular formula is C25H31BrCl2N2O3. The highest BCUT2D eigenvalue weighted by Gasteiger charge is 2.30. The van der Waals surface area contributed by atoms with Gasteiger partial charge in [0.25, 0.3) is 5.91 Å². The van der Waals surface area contributed by atoms with Crippen LogP contribution in [-0.2, 0) is 22.6 Å². The Morgan fingerprint density at radius 3 is 2.39 bits per heavy atom. The zero-order chi connectivity index (χ0) is 24.4. The number of nitrogens with one attached hydrogen (secondary N) is 1. The van der Waals surface area contributed by atoms with Gasteiger partial charge in [-0.15, -0.1) is 0 Å². The minimum absolute atomic E-state index is 0.107. The molecule has 0 radical (unpaired) electrons. The van der Waals surface area contributed by atoms with E-state index in [2.05, 4.69) is 35.1 Å². The first kappa shape index (κ1) is 27.5. The van der Waals surface area contributed by atoms with Crippen molar-refractivity contribution in [1.82, 2.24) is 10.2 Å². The van der Waals surface area contributed by atoms with Crippen molar-refractivity contribution in [1.29, 1.82) is 0 Å². The van der Waals surface area contributed by atoms with E-state index in [1.807, 2.05) is 25.1 Å². The van der Waals surface area contributed by atoms with Crippen LogP contribution in [0.3, 0.4) is 0 Å². The maximum Gasteiger partial charge on any atom is 0.261 e. The predicted octanol–water partition coefficient (Wildman–Crippen LogP) is 6.42. The van der Waals surface area contributed by atoms with E-state index >= 15 is 0 Å². The van der Waals surface area contributed by atoms with Gasteiger partial charge < -0.3 is 15.0 Å². The maximum atomic E-state index is 13.3. The lowest BCUT2D eigenvalue weighted by molar-refractivity contribution is -0.143. The van der Waals surface area contributed by atoms with Gasteiger partial charge in [-0.2, -0.15) is 0 Å². The Kier molecular flexibility index (Phi) is 11.5. The van der Waals surface area contributed by atoms with E-state index in [0.717, 1.165) is 29.3 Å². The van der Waals surface area contributed by atoms with Gasteiger partial charge in [0, 0.05) is 28.7 Å². The van der Waals surface area contributed by atoms with Crippen LogP contribution < -0.4 is 10.1 Å². The van der Waals surface area contributed by atoms with Gasteiger partial charge >= 0.3 is 0 Å². The molecule has 0 aliphatic heterocycles. The lowest BCUT2D eigenvalue weighted by Crippen LogP contribution is -2.50. The van der Waals surface area contributed by atoms with Crippen molar-refractivity contribution in [3.63, 3.8) is 0 Å². The highest BCUT2D eigenvalue weighted by atomic mass is 79.9. The van der Waals surface area contributed by atoms with Crippen LogP contribution in [0.4, 0.5) is 0 Å². The lowest BCUT2D eigenvalue weighted by Gasteiger charge is -2.31. The van der Waals surface area contributed by atoms with Crippen LogP contribution in [0.2, 0.25) is 10.0 Å². The number of nitrogens with zero attached hydrogens (tertiary/aromatic N) is 1. The second-order valence-electron chi connectivity index (χ2n) is 7.70. The normalized spacial score (nSPS) is 11.7. The highest BCUT2D eigenvalue weighted by molar-refractivity contribution is 9.10. The second kappa shape index (κ2) is 13.8. The molecule has 0 spiro atoms. The molecule has 1 N–H and O–H groups in total. The standard InChI is InChI=1S/C25H31BrCl2N2O3/c1-4-7-13-29-25(32)22(6-3)30(15-18-20(27)9-8-10-21(18)28)24(31)16-33-23-12-11-17(5-2)14-19(23)26/h8-12,14,22H,4-7,13,15-16H2,1-3H3,(H,29,32)/t22-/m0/s1. The van der Waals surface area contributed by atoms with Crippen LogP contribution in [0.25, 0.3) is 0 Å². The fourth-order valence-electron chi connectivity index (χ4n) is 3.38. The van der Waals surface area contributed by atoms with Gasteiger partial charge in [0.05, 0.1) is 4.47 Å². The van der Waals surface area contributed by atoms with Gasteiger partial charge in [-0.05, 0) is 65.0 Å². The molecule has 0 saturated heterocycles. The van der Waals surface area contributed by atoms with E-state index in [1.54, 1.807) is 18.2 Å². The summed E-state index contributed by atoms with van der Waals surface area (Å²) in [6, 6.07) is 10.3. The molecule has 0 fully saturated rings. The zero-order valence-electron chi connectivity index (χ0n) is 19.3. The van der Waals surface area contributed by atoms with Gasteiger partial charge in [-0.1, -0.05) is 62.5 Å². The summed E-state index contributed by atoms with van der Waals surface area (Å²) in [5.41, 5.74) is 1.76. The summed E-state index contributed by atoms with van der Waals surface area (Å²) in [4.78, 5) is 27.8. The third kappa shape index (κ3) is 7.90. The number of carbonyl (C=O) groups is 2. The summed E-state index contributed by atoms with van der Waals surface area (Å²) in [5, 5.41) is 3.82. The number of benzene rings is 2. The number of halogens is 3. The third-order valence-electron chi connectivity index (χ3n) is 5.36. The van der Waals surface area contributed by atoms with E-state index < -0.39 is 6.04 Å². The van der Waals surface area contributed by atoms with Crippen molar-refractivity contribution < 1.29 is 14.3 Å².